The molecule has 1 aromatic carbocycles. The maximum atomic E-state index is 13.3. The molecule has 2 aromatic heterocycles. The molecule has 0 N–H and O–H groups in total. The summed E-state index contributed by atoms with van der Waals surface area (Å²) in [5.74, 6) is -0.199. The molecule has 0 bridgehead atoms. The minimum Gasteiger partial charge on any atom is -0.379 e. The van der Waals surface area contributed by atoms with Gasteiger partial charge in [0.05, 0.1) is 32.8 Å². The normalized spacial score (nSPS) is 14.6. The predicted octanol–water partition coefficient (Wildman–Crippen LogP) is 6.11. The molecule has 162 valence electrons. The largest absolute Gasteiger partial charge is 0.379 e. The number of ether oxygens (including phenoxy) is 1. The topological polar surface area (TPSA) is 45.7 Å². The number of nitrogens with zero attached hydrogens (tertiary/aromatic N) is 3. The first-order chi connectivity index (χ1) is 14.0. The molecule has 0 unspecified atom stereocenters. The van der Waals surface area contributed by atoms with Gasteiger partial charge < -0.3 is 4.74 Å². The van der Waals surface area contributed by atoms with E-state index in [-0.39, 0.29) is 18.3 Å². The number of anilines is 1. The Kier molecular flexibility index (Phi) is 8.63. The fraction of sp³-hybridized carbons (Fsp3) is 0.368. The van der Waals surface area contributed by atoms with Crippen molar-refractivity contribution >= 4 is 91.1 Å². The molecule has 0 radical (unpaired) electrons. The van der Waals surface area contributed by atoms with Crippen molar-refractivity contribution in [2.75, 3.05) is 44.3 Å². The van der Waals surface area contributed by atoms with Gasteiger partial charge in [0, 0.05) is 26.2 Å². The van der Waals surface area contributed by atoms with Gasteiger partial charge in [-0.15, -0.1) is 23.7 Å². The van der Waals surface area contributed by atoms with E-state index in [0.29, 0.717) is 36.5 Å². The molecule has 1 aliphatic heterocycles. The summed E-state index contributed by atoms with van der Waals surface area (Å²) in [6, 6.07) is 7.25. The number of benzene rings is 1. The van der Waals surface area contributed by atoms with Crippen LogP contribution in [0.15, 0.2) is 24.3 Å². The van der Waals surface area contributed by atoms with Gasteiger partial charge in [-0.25, -0.2) is 4.98 Å². The van der Waals surface area contributed by atoms with E-state index >= 15 is 0 Å². The monoisotopic (exact) mass is 525 g/mol. The molecule has 11 heteroatoms. The van der Waals surface area contributed by atoms with Crippen molar-refractivity contribution in [1.29, 1.82) is 0 Å². The van der Waals surface area contributed by atoms with Gasteiger partial charge in [-0.3, -0.25) is 14.6 Å². The third kappa shape index (κ3) is 5.40. The lowest BCUT2D eigenvalue weighted by Crippen LogP contribution is -2.39. The lowest BCUT2D eigenvalue weighted by atomic mass is 10.2. The average molecular weight is 527 g/mol. The molecule has 30 heavy (non-hydrogen) atoms. The number of rotatable bonds is 6. The molecule has 3 aromatic rings. The summed E-state index contributed by atoms with van der Waals surface area (Å²) in [6.07, 6.45) is 0.810. The summed E-state index contributed by atoms with van der Waals surface area (Å²) in [6.45, 7) is 4.74. The number of hydrogen-bond donors (Lipinski definition) is 0. The lowest BCUT2D eigenvalue weighted by Gasteiger charge is -2.27. The molecule has 3 heterocycles. The number of carbonyl (C=O) groups is 1. The SMILES string of the molecule is Cl.O=C(c1cc(Cl)sc1Cl)N(CCCN1CCOCC1)c1nc2c(Cl)cccc2s1. The molecule has 1 amide bonds. The Hall–Kier alpha value is -0.640. The Bertz CT molecular complexity index is 1020. The van der Waals surface area contributed by atoms with Gasteiger partial charge in [0.2, 0.25) is 0 Å². The lowest BCUT2D eigenvalue weighted by molar-refractivity contribution is 0.0376. The third-order valence-corrected chi connectivity index (χ3v) is 7.52. The van der Waals surface area contributed by atoms with Crippen LogP contribution in [0.1, 0.15) is 16.8 Å². The van der Waals surface area contributed by atoms with E-state index in [1.807, 2.05) is 12.1 Å². The summed E-state index contributed by atoms with van der Waals surface area (Å²) < 4.78 is 7.21. The fourth-order valence-electron chi connectivity index (χ4n) is 3.21. The number of amides is 1. The highest BCUT2D eigenvalue weighted by Crippen LogP contribution is 2.36. The minimum absolute atomic E-state index is 0. The van der Waals surface area contributed by atoms with Crippen LogP contribution in [-0.4, -0.2) is 55.2 Å². The second kappa shape index (κ2) is 10.8. The number of aromatic nitrogens is 1. The number of carbonyl (C=O) groups excluding carboxylic acids is 1. The molecule has 0 spiro atoms. The number of thiazole rings is 1. The van der Waals surface area contributed by atoms with Crippen molar-refractivity contribution in [1.82, 2.24) is 9.88 Å². The van der Waals surface area contributed by atoms with Gasteiger partial charge in [0.15, 0.2) is 5.13 Å². The van der Waals surface area contributed by atoms with Crippen molar-refractivity contribution in [3.05, 3.63) is 43.5 Å². The molecule has 1 aliphatic rings. The van der Waals surface area contributed by atoms with Gasteiger partial charge >= 0.3 is 0 Å². The first kappa shape index (κ1) is 24.0. The van der Waals surface area contributed by atoms with Crippen molar-refractivity contribution < 1.29 is 9.53 Å². The van der Waals surface area contributed by atoms with Crippen molar-refractivity contribution in [2.45, 2.75) is 6.42 Å². The first-order valence-corrected chi connectivity index (χ1v) is 11.9. The van der Waals surface area contributed by atoms with Gasteiger partial charge in [0.25, 0.3) is 5.91 Å². The van der Waals surface area contributed by atoms with E-state index in [9.17, 15) is 4.79 Å². The molecule has 1 saturated heterocycles. The molecule has 0 aliphatic carbocycles. The summed E-state index contributed by atoms with van der Waals surface area (Å²) in [4.78, 5) is 22.0. The summed E-state index contributed by atoms with van der Waals surface area (Å²) in [5, 5.41) is 1.18. The number of para-hydroxylation sites is 1. The maximum Gasteiger partial charge on any atom is 0.262 e. The second-order valence-electron chi connectivity index (χ2n) is 6.59. The van der Waals surface area contributed by atoms with E-state index in [2.05, 4.69) is 9.88 Å². The summed E-state index contributed by atoms with van der Waals surface area (Å²) in [5.41, 5.74) is 1.10. The maximum absolute atomic E-state index is 13.3. The predicted molar refractivity (Wildman–Crippen MR) is 130 cm³/mol. The Morgan fingerprint density at radius 3 is 2.63 bits per heavy atom. The van der Waals surface area contributed by atoms with Crippen LogP contribution in [-0.2, 0) is 4.74 Å². The zero-order chi connectivity index (χ0) is 20.4. The number of fused-ring (bicyclic) bond motifs is 1. The molecule has 0 atom stereocenters. The van der Waals surface area contributed by atoms with Crippen LogP contribution in [0.25, 0.3) is 10.2 Å². The quantitative estimate of drug-likeness (QED) is 0.388. The number of morpholine rings is 1. The van der Waals surface area contributed by atoms with Gasteiger partial charge in [-0.2, -0.15) is 0 Å². The zero-order valence-corrected chi connectivity index (χ0v) is 20.5. The van der Waals surface area contributed by atoms with Gasteiger partial charge in [-0.1, -0.05) is 52.2 Å². The van der Waals surface area contributed by atoms with Crippen LogP contribution in [0, 0.1) is 0 Å². The highest BCUT2D eigenvalue weighted by atomic mass is 35.5. The van der Waals surface area contributed by atoms with Crippen LogP contribution in [0.5, 0.6) is 0 Å². The number of halogens is 4. The summed E-state index contributed by atoms with van der Waals surface area (Å²) >= 11 is 21.2. The molecular weight excluding hydrogens is 508 g/mol. The average Bonchev–Trinajstić information content (AvgIpc) is 3.29. The van der Waals surface area contributed by atoms with Crippen LogP contribution >= 0.6 is 69.9 Å². The van der Waals surface area contributed by atoms with Crippen LogP contribution in [0.3, 0.4) is 0 Å². The van der Waals surface area contributed by atoms with Crippen molar-refractivity contribution in [2.24, 2.45) is 0 Å². The van der Waals surface area contributed by atoms with Gasteiger partial charge in [0.1, 0.15) is 9.85 Å². The highest BCUT2D eigenvalue weighted by Gasteiger charge is 2.25. The summed E-state index contributed by atoms with van der Waals surface area (Å²) in [7, 11) is 0. The van der Waals surface area contributed by atoms with Crippen LogP contribution in [0.4, 0.5) is 5.13 Å². The minimum atomic E-state index is -0.199. The molecule has 5 nitrogen and oxygen atoms in total. The van der Waals surface area contributed by atoms with Crippen LogP contribution < -0.4 is 4.90 Å². The van der Waals surface area contributed by atoms with E-state index in [0.717, 1.165) is 44.0 Å². The fourth-order valence-corrected chi connectivity index (χ4v) is 5.95. The zero-order valence-electron chi connectivity index (χ0n) is 15.8. The van der Waals surface area contributed by atoms with E-state index < -0.39 is 0 Å². The van der Waals surface area contributed by atoms with E-state index in [1.165, 1.54) is 22.7 Å². The molecule has 1 fully saturated rings. The first-order valence-electron chi connectivity index (χ1n) is 9.15. The van der Waals surface area contributed by atoms with Crippen molar-refractivity contribution in [3.63, 3.8) is 0 Å². The van der Waals surface area contributed by atoms with Crippen molar-refractivity contribution in [3.8, 4) is 0 Å². The Labute approximate surface area is 203 Å². The second-order valence-corrected chi connectivity index (χ2v) is 10.3. The van der Waals surface area contributed by atoms with E-state index in [1.54, 1.807) is 17.0 Å². The van der Waals surface area contributed by atoms with Gasteiger partial charge in [-0.05, 0) is 24.6 Å². The molecular formula is C19H19Cl4N3O2S2. The number of thiophene rings is 1. The van der Waals surface area contributed by atoms with Crippen LogP contribution in [0.2, 0.25) is 13.7 Å². The Morgan fingerprint density at radius 1 is 1.20 bits per heavy atom. The highest BCUT2D eigenvalue weighted by molar-refractivity contribution is 7.22. The molecule has 4 rings (SSSR count). The van der Waals surface area contributed by atoms with E-state index in [4.69, 9.17) is 39.5 Å². The smallest absolute Gasteiger partial charge is 0.262 e. The standard InChI is InChI=1S/C19H18Cl3N3O2S2.ClH/c20-13-3-1-4-14-16(13)23-19(28-14)25(6-2-5-24-7-9-27-10-8-24)18(26)12-11-15(21)29-17(12)22;/h1,3-4,11H,2,5-10H2;1H. The number of hydrogen-bond acceptors (Lipinski definition) is 6. The Balaban J connectivity index is 0.00000256. The third-order valence-electron chi connectivity index (χ3n) is 4.68. The Morgan fingerprint density at radius 2 is 1.97 bits per heavy atom. The molecule has 0 saturated carbocycles.